The molecule has 44 heavy (non-hydrogen) atoms. The van der Waals surface area contributed by atoms with Crippen LogP contribution in [0.4, 0.5) is 0 Å². The van der Waals surface area contributed by atoms with Gasteiger partial charge in [0.1, 0.15) is 0 Å². The van der Waals surface area contributed by atoms with E-state index in [0.29, 0.717) is 0 Å². The second-order valence-corrected chi connectivity index (χ2v) is 11.6. The van der Waals surface area contributed by atoms with Crippen molar-refractivity contribution in [1.29, 1.82) is 0 Å². The van der Waals surface area contributed by atoms with E-state index in [-0.39, 0.29) is 0 Å². The molecule has 9 aromatic carbocycles. The van der Waals surface area contributed by atoms with E-state index in [9.17, 15) is 0 Å². The van der Waals surface area contributed by atoms with Gasteiger partial charge >= 0.3 is 0 Å². The van der Waals surface area contributed by atoms with E-state index in [1.807, 2.05) is 0 Å². The van der Waals surface area contributed by atoms with Crippen LogP contribution >= 0.6 is 0 Å². The monoisotopic (exact) mass is 556 g/mol. The molecular weight excluding hydrogens is 528 g/mol. The second kappa shape index (κ2) is 9.93. The van der Waals surface area contributed by atoms with Crippen molar-refractivity contribution < 1.29 is 0 Å². The summed E-state index contributed by atoms with van der Waals surface area (Å²) in [6.07, 6.45) is 0. The first kappa shape index (κ1) is 24.8. The molecule has 0 N–H and O–H groups in total. The zero-order valence-corrected chi connectivity index (χ0v) is 24.2. The minimum absolute atomic E-state index is 1.23. The lowest BCUT2D eigenvalue weighted by Gasteiger charge is -2.19. The molecule has 0 amide bonds. The summed E-state index contributed by atoms with van der Waals surface area (Å²) in [6.45, 7) is 0. The van der Waals surface area contributed by atoms with Crippen molar-refractivity contribution in [3.8, 4) is 33.4 Å². The predicted octanol–water partition coefficient (Wildman–Crippen LogP) is 12.5. The Balaban J connectivity index is 1.28. The van der Waals surface area contributed by atoms with Gasteiger partial charge in [-0.05, 0) is 93.3 Å². The number of hydrogen-bond donors (Lipinski definition) is 0. The Labute approximate surface area is 256 Å². The van der Waals surface area contributed by atoms with Crippen LogP contribution in [-0.2, 0) is 0 Å². The average molecular weight is 557 g/mol. The van der Waals surface area contributed by atoms with E-state index in [1.165, 1.54) is 87.2 Å². The summed E-state index contributed by atoms with van der Waals surface area (Å²) in [4.78, 5) is 0. The molecular formula is C44H28. The van der Waals surface area contributed by atoms with Gasteiger partial charge in [-0.3, -0.25) is 0 Å². The summed E-state index contributed by atoms with van der Waals surface area (Å²) in [6, 6.07) is 62.3. The molecule has 0 spiro atoms. The predicted molar refractivity (Wildman–Crippen MR) is 190 cm³/mol. The molecule has 0 saturated heterocycles. The summed E-state index contributed by atoms with van der Waals surface area (Å²) < 4.78 is 0. The van der Waals surface area contributed by atoms with Gasteiger partial charge in [0.25, 0.3) is 0 Å². The topological polar surface area (TPSA) is 0 Å². The first-order chi connectivity index (χ1) is 21.8. The summed E-state index contributed by atoms with van der Waals surface area (Å²) in [7, 11) is 0. The molecule has 0 atom stereocenters. The fourth-order valence-corrected chi connectivity index (χ4v) is 7.28. The quantitative estimate of drug-likeness (QED) is 0.150. The number of hydrogen-bond acceptors (Lipinski definition) is 0. The Morgan fingerprint density at radius 1 is 0.227 bits per heavy atom. The summed E-state index contributed by atoms with van der Waals surface area (Å²) in [5.41, 5.74) is 7.60. The van der Waals surface area contributed by atoms with Crippen LogP contribution < -0.4 is 0 Å². The molecule has 0 radical (unpaired) electrons. The molecule has 0 aliphatic carbocycles. The van der Waals surface area contributed by atoms with Gasteiger partial charge in [-0.2, -0.15) is 0 Å². The van der Waals surface area contributed by atoms with Crippen molar-refractivity contribution in [2.45, 2.75) is 0 Å². The van der Waals surface area contributed by atoms with E-state index >= 15 is 0 Å². The third kappa shape index (κ3) is 3.78. The third-order valence-electron chi connectivity index (χ3n) is 9.24. The van der Waals surface area contributed by atoms with Crippen LogP contribution in [0.1, 0.15) is 0 Å². The molecule has 9 aromatic rings. The maximum absolute atomic E-state index is 2.34. The second-order valence-electron chi connectivity index (χ2n) is 11.6. The van der Waals surface area contributed by atoms with Crippen LogP contribution in [0.5, 0.6) is 0 Å². The van der Waals surface area contributed by atoms with Gasteiger partial charge in [0, 0.05) is 0 Å². The molecule has 9 rings (SSSR count). The minimum Gasteiger partial charge on any atom is -0.0616 e. The molecule has 0 heteroatoms. The standard InChI is InChI=1S/C44H28/c1-3-15-33-29(12-1)14-11-23-37(33)44-40-21-9-7-19-38(40)43(39-20-8-10-22-41(39)44)31-26-24-30(25-27-31)42-28-32-13-2-4-16-34(32)35-17-5-6-18-36(35)42/h1-28H. The van der Waals surface area contributed by atoms with E-state index in [1.54, 1.807) is 0 Å². The van der Waals surface area contributed by atoms with Crippen molar-refractivity contribution in [1.82, 2.24) is 0 Å². The fourth-order valence-electron chi connectivity index (χ4n) is 7.28. The maximum Gasteiger partial charge on any atom is -0.00201 e. The normalized spacial score (nSPS) is 11.6. The van der Waals surface area contributed by atoms with Crippen molar-refractivity contribution in [3.63, 3.8) is 0 Å². The van der Waals surface area contributed by atoms with E-state index in [4.69, 9.17) is 0 Å². The van der Waals surface area contributed by atoms with Crippen molar-refractivity contribution in [3.05, 3.63) is 170 Å². The number of benzene rings is 9. The molecule has 0 unspecified atom stereocenters. The maximum atomic E-state index is 2.34. The number of rotatable bonds is 3. The van der Waals surface area contributed by atoms with Crippen molar-refractivity contribution in [2.24, 2.45) is 0 Å². The highest BCUT2D eigenvalue weighted by Crippen LogP contribution is 2.45. The van der Waals surface area contributed by atoms with Gasteiger partial charge in [0.2, 0.25) is 0 Å². The van der Waals surface area contributed by atoms with Crippen LogP contribution in [0.25, 0.3) is 87.2 Å². The molecule has 0 heterocycles. The van der Waals surface area contributed by atoms with Crippen molar-refractivity contribution >= 4 is 53.9 Å². The molecule has 0 saturated carbocycles. The Morgan fingerprint density at radius 2 is 0.682 bits per heavy atom. The summed E-state index contributed by atoms with van der Waals surface area (Å²) >= 11 is 0. The van der Waals surface area contributed by atoms with Crippen molar-refractivity contribution in [2.75, 3.05) is 0 Å². The average Bonchev–Trinajstić information content (AvgIpc) is 3.10. The Hall–Kier alpha value is -5.72. The first-order valence-electron chi connectivity index (χ1n) is 15.3. The molecule has 0 aliphatic rings. The minimum atomic E-state index is 1.23. The summed E-state index contributed by atoms with van der Waals surface area (Å²) in [5, 5.41) is 12.8. The van der Waals surface area contributed by atoms with Crippen LogP contribution in [0.2, 0.25) is 0 Å². The Kier molecular flexibility index (Phi) is 5.61. The zero-order chi connectivity index (χ0) is 29.0. The van der Waals surface area contributed by atoms with Crippen LogP contribution in [0.15, 0.2) is 170 Å². The molecule has 0 aliphatic heterocycles. The first-order valence-corrected chi connectivity index (χ1v) is 15.3. The fraction of sp³-hybridized carbons (Fsp3) is 0. The summed E-state index contributed by atoms with van der Waals surface area (Å²) in [5.74, 6) is 0. The van der Waals surface area contributed by atoms with Gasteiger partial charge in [0.15, 0.2) is 0 Å². The van der Waals surface area contributed by atoms with Crippen LogP contribution in [-0.4, -0.2) is 0 Å². The van der Waals surface area contributed by atoms with Crippen LogP contribution in [0, 0.1) is 0 Å². The lowest BCUT2D eigenvalue weighted by molar-refractivity contribution is 1.64. The lowest BCUT2D eigenvalue weighted by Crippen LogP contribution is -1.91. The van der Waals surface area contributed by atoms with E-state index in [0.717, 1.165) is 0 Å². The van der Waals surface area contributed by atoms with E-state index < -0.39 is 0 Å². The van der Waals surface area contributed by atoms with Gasteiger partial charge in [-0.15, -0.1) is 0 Å². The van der Waals surface area contributed by atoms with Gasteiger partial charge in [-0.1, -0.05) is 164 Å². The van der Waals surface area contributed by atoms with E-state index in [2.05, 4.69) is 170 Å². The SMILES string of the molecule is c1ccc2c(-c3c4ccccc4c(-c4ccc(-c5cc6ccccc6c6ccccc56)cc4)c4ccccc34)cccc2c1. The lowest BCUT2D eigenvalue weighted by atomic mass is 9.84. The zero-order valence-electron chi connectivity index (χ0n) is 24.2. The van der Waals surface area contributed by atoms with Gasteiger partial charge < -0.3 is 0 Å². The molecule has 0 fully saturated rings. The van der Waals surface area contributed by atoms with Gasteiger partial charge in [-0.25, -0.2) is 0 Å². The highest BCUT2D eigenvalue weighted by atomic mass is 14.2. The Morgan fingerprint density at radius 3 is 1.34 bits per heavy atom. The molecule has 204 valence electrons. The highest BCUT2D eigenvalue weighted by Gasteiger charge is 2.18. The van der Waals surface area contributed by atoms with Gasteiger partial charge in [0.05, 0.1) is 0 Å². The third-order valence-corrected chi connectivity index (χ3v) is 9.24. The number of fused-ring (bicyclic) bond motifs is 6. The highest BCUT2D eigenvalue weighted by molar-refractivity contribution is 6.23. The van der Waals surface area contributed by atoms with Crippen LogP contribution in [0.3, 0.4) is 0 Å². The largest absolute Gasteiger partial charge is 0.0616 e. The molecule has 0 nitrogen and oxygen atoms in total. The molecule has 0 bridgehead atoms. The Bertz CT molecular complexity index is 2470. The smallest absolute Gasteiger partial charge is 0.00201 e. The molecule has 0 aromatic heterocycles.